The lowest BCUT2D eigenvalue weighted by atomic mass is 10.1. The van der Waals surface area contributed by atoms with E-state index in [1.165, 1.54) is 6.07 Å². The van der Waals surface area contributed by atoms with Crippen molar-refractivity contribution in [3.05, 3.63) is 35.5 Å². The van der Waals surface area contributed by atoms with Crippen molar-refractivity contribution in [1.29, 1.82) is 0 Å². The SMILES string of the molecule is CC(C)n1cc(CC(=O)O)c2cc(C(F)(F)F)ccc21. The van der Waals surface area contributed by atoms with Crippen LogP contribution in [-0.2, 0) is 17.4 Å². The Labute approximate surface area is 113 Å². The Bertz CT molecular complexity index is 656. The first kappa shape index (κ1) is 14.4. The molecule has 0 aliphatic carbocycles. The molecule has 0 saturated heterocycles. The first-order valence-electron chi connectivity index (χ1n) is 6.12. The van der Waals surface area contributed by atoms with Gasteiger partial charge in [-0.1, -0.05) is 0 Å². The Morgan fingerprint density at radius 2 is 2.00 bits per heavy atom. The highest BCUT2D eigenvalue weighted by molar-refractivity contribution is 5.88. The normalized spacial score (nSPS) is 12.3. The molecule has 0 bridgehead atoms. The van der Waals surface area contributed by atoms with Crippen LogP contribution in [0.25, 0.3) is 10.9 Å². The van der Waals surface area contributed by atoms with Gasteiger partial charge in [-0.25, -0.2) is 0 Å². The quantitative estimate of drug-likeness (QED) is 0.930. The molecular formula is C14H14F3NO2. The van der Waals surface area contributed by atoms with Crippen molar-refractivity contribution in [3.8, 4) is 0 Å². The predicted molar refractivity (Wildman–Crippen MR) is 68.7 cm³/mol. The lowest BCUT2D eigenvalue weighted by Gasteiger charge is -2.10. The molecule has 1 N–H and O–H groups in total. The van der Waals surface area contributed by atoms with Crippen LogP contribution in [0.2, 0.25) is 0 Å². The summed E-state index contributed by atoms with van der Waals surface area (Å²) in [5, 5.41) is 9.22. The van der Waals surface area contributed by atoms with Gasteiger partial charge in [-0.05, 0) is 37.6 Å². The first-order valence-corrected chi connectivity index (χ1v) is 6.12. The summed E-state index contributed by atoms with van der Waals surface area (Å²) < 4.78 is 40.0. The first-order chi connectivity index (χ1) is 9.20. The number of hydrogen-bond donors (Lipinski definition) is 1. The predicted octanol–water partition coefficient (Wildman–Crippen LogP) is 3.87. The highest BCUT2D eigenvalue weighted by Gasteiger charge is 2.31. The molecule has 0 fully saturated rings. The molecule has 0 atom stereocenters. The monoisotopic (exact) mass is 285 g/mol. The molecule has 0 aliphatic heterocycles. The minimum atomic E-state index is -4.44. The van der Waals surface area contributed by atoms with E-state index in [1.807, 2.05) is 13.8 Å². The highest BCUT2D eigenvalue weighted by atomic mass is 19.4. The van der Waals surface area contributed by atoms with Gasteiger partial charge in [0.2, 0.25) is 0 Å². The Balaban J connectivity index is 2.68. The minimum Gasteiger partial charge on any atom is -0.481 e. The number of benzene rings is 1. The number of halogens is 3. The third kappa shape index (κ3) is 2.64. The lowest BCUT2D eigenvalue weighted by molar-refractivity contribution is -0.137. The van der Waals surface area contributed by atoms with Gasteiger partial charge in [0.15, 0.2) is 0 Å². The summed E-state index contributed by atoms with van der Waals surface area (Å²) in [6.07, 6.45) is -3.12. The molecule has 2 rings (SSSR count). The maximum atomic E-state index is 12.8. The number of nitrogens with zero attached hydrogens (tertiary/aromatic N) is 1. The molecule has 0 saturated carbocycles. The van der Waals surface area contributed by atoms with Gasteiger partial charge in [0.1, 0.15) is 0 Å². The minimum absolute atomic E-state index is 0.0387. The number of carbonyl (C=O) groups is 1. The molecule has 1 aromatic carbocycles. The molecule has 108 valence electrons. The van der Waals surface area contributed by atoms with Gasteiger partial charge < -0.3 is 9.67 Å². The summed E-state index contributed by atoms with van der Waals surface area (Å²) in [4.78, 5) is 10.8. The molecule has 1 heterocycles. The third-order valence-electron chi connectivity index (χ3n) is 3.14. The van der Waals surface area contributed by atoms with Crippen LogP contribution in [0.5, 0.6) is 0 Å². The average Bonchev–Trinajstić information content (AvgIpc) is 2.66. The number of fused-ring (bicyclic) bond motifs is 1. The summed E-state index contributed by atoms with van der Waals surface area (Å²) in [5.74, 6) is -1.06. The van der Waals surface area contributed by atoms with E-state index in [9.17, 15) is 18.0 Å². The van der Waals surface area contributed by atoms with E-state index in [0.29, 0.717) is 16.5 Å². The smallest absolute Gasteiger partial charge is 0.416 e. The third-order valence-corrected chi connectivity index (χ3v) is 3.14. The maximum absolute atomic E-state index is 12.8. The summed E-state index contributed by atoms with van der Waals surface area (Å²) in [6, 6.07) is 3.47. The fraction of sp³-hybridized carbons (Fsp3) is 0.357. The van der Waals surface area contributed by atoms with Gasteiger partial charge >= 0.3 is 12.1 Å². The number of aromatic nitrogens is 1. The van der Waals surface area contributed by atoms with E-state index < -0.39 is 17.7 Å². The van der Waals surface area contributed by atoms with Gasteiger partial charge in [0.25, 0.3) is 0 Å². The second kappa shape index (κ2) is 4.85. The highest BCUT2D eigenvalue weighted by Crippen LogP contribution is 2.34. The van der Waals surface area contributed by atoms with E-state index >= 15 is 0 Å². The number of rotatable bonds is 3. The van der Waals surface area contributed by atoms with Gasteiger partial charge in [0, 0.05) is 23.1 Å². The van der Waals surface area contributed by atoms with Crippen molar-refractivity contribution in [3.63, 3.8) is 0 Å². The molecule has 1 aromatic heterocycles. The molecule has 0 amide bonds. The van der Waals surface area contributed by atoms with Crippen LogP contribution in [0.3, 0.4) is 0 Å². The molecule has 0 aliphatic rings. The molecule has 2 aromatic rings. The number of alkyl halides is 3. The van der Waals surface area contributed by atoms with Gasteiger partial charge in [-0.3, -0.25) is 4.79 Å². The zero-order valence-corrected chi connectivity index (χ0v) is 11.0. The Morgan fingerprint density at radius 1 is 1.35 bits per heavy atom. The van der Waals surface area contributed by atoms with Crippen molar-refractivity contribution in [2.75, 3.05) is 0 Å². The Morgan fingerprint density at radius 3 is 2.50 bits per heavy atom. The zero-order valence-electron chi connectivity index (χ0n) is 11.0. The topological polar surface area (TPSA) is 42.2 Å². The fourth-order valence-electron chi connectivity index (χ4n) is 2.23. The number of hydrogen-bond acceptors (Lipinski definition) is 1. The Hall–Kier alpha value is -1.98. The summed E-state index contributed by atoms with van der Waals surface area (Å²) >= 11 is 0. The summed E-state index contributed by atoms with van der Waals surface area (Å²) in [7, 11) is 0. The van der Waals surface area contributed by atoms with Gasteiger partial charge in [-0.15, -0.1) is 0 Å². The number of carboxylic acid groups (broad SMARTS) is 1. The van der Waals surface area contributed by atoms with E-state index in [4.69, 9.17) is 5.11 Å². The molecular weight excluding hydrogens is 271 g/mol. The average molecular weight is 285 g/mol. The molecule has 0 spiro atoms. The molecule has 3 nitrogen and oxygen atoms in total. The van der Waals surface area contributed by atoms with E-state index in [0.717, 1.165) is 12.1 Å². The second-order valence-corrected chi connectivity index (χ2v) is 4.96. The van der Waals surface area contributed by atoms with Crippen LogP contribution >= 0.6 is 0 Å². The van der Waals surface area contributed by atoms with Crippen molar-refractivity contribution in [1.82, 2.24) is 4.57 Å². The van der Waals surface area contributed by atoms with Gasteiger partial charge in [0.05, 0.1) is 12.0 Å². The van der Waals surface area contributed by atoms with Crippen LogP contribution in [0.15, 0.2) is 24.4 Å². The second-order valence-electron chi connectivity index (χ2n) is 4.96. The van der Waals surface area contributed by atoms with Crippen LogP contribution in [0, 0.1) is 0 Å². The van der Waals surface area contributed by atoms with Crippen molar-refractivity contribution in [2.45, 2.75) is 32.5 Å². The number of carboxylic acids is 1. The van der Waals surface area contributed by atoms with Gasteiger partial charge in [-0.2, -0.15) is 13.2 Å². The number of aliphatic carboxylic acids is 1. The van der Waals surface area contributed by atoms with Crippen molar-refractivity contribution < 1.29 is 23.1 Å². The fourth-order valence-corrected chi connectivity index (χ4v) is 2.23. The van der Waals surface area contributed by atoms with Crippen LogP contribution < -0.4 is 0 Å². The Kier molecular flexibility index (Phi) is 3.50. The van der Waals surface area contributed by atoms with Crippen LogP contribution in [-0.4, -0.2) is 15.6 Å². The standard InChI is InChI=1S/C14H14F3NO2/c1-8(2)18-7-9(5-13(19)20)11-6-10(14(15,16)17)3-4-12(11)18/h3-4,6-8H,5H2,1-2H3,(H,19,20). The van der Waals surface area contributed by atoms with E-state index in [-0.39, 0.29) is 12.5 Å². The summed E-state index contributed by atoms with van der Waals surface area (Å²) in [6.45, 7) is 3.78. The lowest BCUT2D eigenvalue weighted by Crippen LogP contribution is -2.05. The zero-order chi connectivity index (χ0) is 15.1. The van der Waals surface area contributed by atoms with E-state index in [2.05, 4.69) is 0 Å². The van der Waals surface area contributed by atoms with Crippen molar-refractivity contribution in [2.24, 2.45) is 0 Å². The largest absolute Gasteiger partial charge is 0.481 e. The van der Waals surface area contributed by atoms with Crippen molar-refractivity contribution >= 4 is 16.9 Å². The van der Waals surface area contributed by atoms with Crippen LogP contribution in [0.1, 0.15) is 31.0 Å². The molecule has 0 unspecified atom stereocenters. The summed E-state index contributed by atoms with van der Waals surface area (Å²) in [5.41, 5.74) is 0.245. The van der Waals surface area contributed by atoms with E-state index in [1.54, 1.807) is 10.8 Å². The maximum Gasteiger partial charge on any atom is 0.416 e. The molecule has 20 heavy (non-hydrogen) atoms. The molecule has 0 radical (unpaired) electrons. The molecule has 6 heteroatoms. The van der Waals surface area contributed by atoms with Crippen LogP contribution in [0.4, 0.5) is 13.2 Å².